The third kappa shape index (κ3) is 4.77. The van der Waals surface area contributed by atoms with Crippen LogP contribution in [0.2, 0.25) is 0 Å². The van der Waals surface area contributed by atoms with Gasteiger partial charge in [0.15, 0.2) is 5.78 Å². The summed E-state index contributed by atoms with van der Waals surface area (Å²) in [7, 11) is 0. The average molecular weight is 412 g/mol. The van der Waals surface area contributed by atoms with Crippen LogP contribution in [0, 0.1) is 0 Å². The van der Waals surface area contributed by atoms with E-state index in [9.17, 15) is 9.59 Å². The molecule has 0 fully saturated rings. The van der Waals surface area contributed by atoms with Crippen molar-refractivity contribution in [1.29, 1.82) is 0 Å². The summed E-state index contributed by atoms with van der Waals surface area (Å²) in [6.07, 6.45) is 5.96. The van der Waals surface area contributed by atoms with E-state index in [1.165, 1.54) is 0 Å². The first kappa shape index (κ1) is 22.1. The van der Waals surface area contributed by atoms with Crippen molar-refractivity contribution in [2.45, 2.75) is 71.6 Å². The third-order valence-electron chi connectivity index (χ3n) is 5.67. The average Bonchev–Trinajstić information content (AvgIpc) is 2.74. The zero-order valence-electron chi connectivity index (χ0n) is 18.4. The van der Waals surface area contributed by atoms with Gasteiger partial charge in [0.25, 0.3) is 0 Å². The Balaban J connectivity index is 2.03. The van der Waals surface area contributed by atoms with Gasteiger partial charge < -0.3 is 14.8 Å². The Kier molecular flexibility index (Phi) is 7.72. The summed E-state index contributed by atoms with van der Waals surface area (Å²) in [5, 5.41) is 3.34. The van der Waals surface area contributed by atoms with E-state index in [1.807, 2.05) is 31.2 Å². The van der Waals surface area contributed by atoms with Gasteiger partial charge in [0.05, 0.1) is 24.7 Å². The highest BCUT2D eigenvalue weighted by Crippen LogP contribution is 2.45. The molecule has 0 bridgehead atoms. The van der Waals surface area contributed by atoms with Crippen LogP contribution in [0.3, 0.4) is 0 Å². The van der Waals surface area contributed by atoms with E-state index in [1.54, 1.807) is 0 Å². The molecule has 1 aromatic carbocycles. The predicted molar refractivity (Wildman–Crippen MR) is 117 cm³/mol. The lowest BCUT2D eigenvalue weighted by molar-refractivity contribution is -0.139. The Morgan fingerprint density at radius 3 is 2.67 bits per heavy atom. The number of allylic oxidation sites excluding steroid dienone is 3. The first-order valence-electron chi connectivity index (χ1n) is 11.2. The summed E-state index contributed by atoms with van der Waals surface area (Å²) in [5.41, 5.74) is 3.77. The molecule has 5 heteroatoms. The molecular weight excluding hydrogens is 378 g/mol. The number of dihydropyridines is 1. The van der Waals surface area contributed by atoms with Gasteiger partial charge in [-0.3, -0.25) is 4.79 Å². The van der Waals surface area contributed by atoms with Crippen LogP contribution in [-0.2, 0) is 14.3 Å². The van der Waals surface area contributed by atoms with Crippen molar-refractivity contribution in [3.63, 3.8) is 0 Å². The maximum atomic E-state index is 13.2. The fourth-order valence-corrected chi connectivity index (χ4v) is 4.22. The maximum absolute atomic E-state index is 13.2. The van der Waals surface area contributed by atoms with Crippen molar-refractivity contribution in [2.24, 2.45) is 0 Å². The molecule has 1 N–H and O–H groups in total. The highest BCUT2D eigenvalue weighted by atomic mass is 16.5. The Hall–Kier alpha value is -2.56. The number of unbranched alkanes of at least 4 members (excludes halogenated alkanes) is 2. The zero-order valence-corrected chi connectivity index (χ0v) is 18.4. The van der Waals surface area contributed by atoms with Crippen molar-refractivity contribution in [3.05, 3.63) is 52.4 Å². The van der Waals surface area contributed by atoms with Gasteiger partial charge in [-0.1, -0.05) is 44.9 Å². The normalized spacial score (nSPS) is 18.8. The zero-order chi connectivity index (χ0) is 21.5. The van der Waals surface area contributed by atoms with Gasteiger partial charge in [-0.05, 0) is 38.7 Å². The van der Waals surface area contributed by atoms with Crippen LogP contribution in [0.25, 0.3) is 0 Å². The molecule has 1 aliphatic heterocycles. The second-order valence-corrected chi connectivity index (χ2v) is 7.99. The van der Waals surface area contributed by atoms with E-state index >= 15 is 0 Å². The molecule has 0 spiro atoms. The van der Waals surface area contributed by atoms with E-state index in [4.69, 9.17) is 9.47 Å². The van der Waals surface area contributed by atoms with Crippen LogP contribution in [0.5, 0.6) is 5.75 Å². The molecule has 1 unspecified atom stereocenters. The second kappa shape index (κ2) is 10.5. The largest absolute Gasteiger partial charge is 0.493 e. The van der Waals surface area contributed by atoms with Gasteiger partial charge in [0.2, 0.25) is 0 Å². The number of hydrogen-bond donors (Lipinski definition) is 1. The molecule has 0 radical (unpaired) electrons. The third-order valence-corrected chi connectivity index (χ3v) is 5.67. The van der Waals surface area contributed by atoms with Gasteiger partial charge in [-0.25, -0.2) is 4.79 Å². The van der Waals surface area contributed by atoms with Gasteiger partial charge in [0.1, 0.15) is 5.75 Å². The van der Waals surface area contributed by atoms with Gasteiger partial charge in [0, 0.05) is 29.0 Å². The monoisotopic (exact) mass is 411 g/mol. The number of Topliss-reactive ketones (excluding diaryl/α,β-unsaturated/α-hetero) is 1. The minimum absolute atomic E-state index is 0.0998. The highest BCUT2D eigenvalue weighted by Gasteiger charge is 2.40. The lowest BCUT2D eigenvalue weighted by Crippen LogP contribution is -2.34. The first-order valence-corrected chi connectivity index (χ1v) is 11.2. The van der Waals surface area contributed by atoms with E-state index in [-0.39, 0.29) is 11.8 Å². The fourth-order valence-electron chi connectivity index (χ4n) is 4.22. The predicted octanol–water partition coefficient (Wildman–Crippen LogP) is 5.18. The van der Waals surface area contributed by atoms with Crippen molar-refractivity contribution < 1.29 is 19.1 Å². The maximum Gasteiger partial charge on any atom is 0.336 e. The number of ketones is 1. The van der Waals surface area contributed by atoms with Crippen LogP contribution in [0.15, 0.2) is 46.8 Å². The molecule has 1 atom stereocenters. The number of hydrogen-bond acceptors (Lipinski definition) is 5. The molecule has 30 heavy (non-hydrogen) atoms. The number of rotatable bonds is 9. The van der Waals surface area contributed by atoms with E-state index in [0.717, 1.165) is 61.2 Å². The van der Waals surface area contributed by atoms with Crippen LogP contribution in [-0.4, -0.2) is 25.0 Å². The number of carbonyl (C=O) groups is 2. The molecule has 0 aromatic heterocycles. The van der Waals surface area contributed by atoms with Crippen LogP contribution in [0.4, 0.5) is 0 Å². The quantitative estimate of drug-likeness (QED) is 0.448. The SMILES string of the molecule is CCCCCOC(=O)C1=C(C)NC2=C(C(=O)CCC2)C1c1ccccc1OCCC. The summed E-state index contributed by atoms with van der Waals surface area (Å²) >= 11 is 0. The topological polar surface area (TPSA) is 64.6 Å². The van der Waals surface area contributed by atoms with Crippen molar-refractivity contribution >= 4 is 11.8 Å². The number of para-hydroxylation sites is 1. The number of esters is 1. The molecule has 5 nitrogen and oxygen atoms in total. The van der Waals surface area contributed by atoms with E-state index < -0.39 is 5.92 Å². The molecule has 1 heterocycles. The Bertz CT molecular complexity index is 852. The molecule has 1 aliphatic carbocycles. The van der Waals surface area contributed by atoms with Crippen LogP contribution < -0.4 is 10.1 Å². The summed E-state index contributed by atoms with van der Waals surface area (Å²) < 4.78 is 11.6. The standard InChI is InChI=1S/C25H33NO4/c1-4-6-9-16-30-25(28)22-17(3)26-19-12-10-13-20(27)24(19)23(22)18-11-7-8-14-21(18)29-15-5-2/h7-8,11,14,23,26H,4-6,9-10,12-13,15-16H2,1-3H3. The van der Waals surface area contributed by atoms with Gasteiger partial charge in [-0.2, -0.15) is 0 Å². The highest BCUT2D eigenvalue weighted by molar-refractivity contribution is 6.04. The molecule has 0 amide bonds. The summed E-state index contributed by atoms with van der Waals surface area (Å²) in [5.74, 6) is 0.0143. The lowest BCUT2D eigenvalue weighted by Gasteiger charge is -2.34. The Morgan fingerprint density at radius 2 is 1.90 bits per heavy atom. The molecule has 162 valence electrons. The number of ether oxygens (including phenoxy) is 2. The van der Waals surface area contributed by atoms with Crippen molar-refractivity contribution in [1.82, 2.24) is 5.32 Å². The van der Waals surface area contributed by atoms with Crippen molar-refractivity contribution in [3.8, 4) is 5.75 Å². The van der Waals surface area contributed by atoms with Crippen molar-refractivity contribution in [2.75, 3.05) is 13.2 Å². The van der Waals surface area contributed by atoms with E-state index in [2.05, 4.69) is 19.2 Å². The molecule has 3 rings (SSSR count). The second-order valence-electron chi connectivity index (χ2n) is 7.99. The Labute approximate surface area is 179 Å². The smallest absolute Gasteiger partial charge is 0.336 e. The fraction of sp³-hybridized carbons (Fsp3) is 0.520. The van der Waals surface area contributed by atoms with Crippen LogP contribution >= 0.6 is 0 Å². The summed E-state index contributed by atoms with van der Waals surface area (Å²) in [4.78, 5) is 26.2. The number of benzene rings is 1. The molecule has 0 saturated carbocycles. The molecular formula is C25H33NO4. The molecule has 0 saturated heterocycles. The summed E-state index contributed by atoms with van der Waals surface area (Å²) in [6, 6.07) is 7.74. The molecule has 1 aromatic rings. The minimum atomic E-state index is -0.458. The van der Waals surface area contributed by atoms with Crippen LogP contribution in [0.1, 0.15) is 77.2 Å². The number of carbonyl (C=O) groups excluding carboxylic acids is 2. The van der Waals surface area contributed by atoms with Gasteiger partial charge in [-0.15, -0.1) is 0 Å². The lowest BCUT2D eigenvalue weighted by atomic mass is 9.75. The number of nitrogens with one attached hydrogen (secondary N) is 1. The van der Waals surface area contributed by atoms with Gasteiger partial charge >= 0.3 is 5.97 Å². The summed E-state index contributed by atoms with van der Waals surface area (Å²) in [6.45, 7) is 7.05. The molecule has 2 aliphatic rings. The minimum Gasteiger partial charge on any atom is -0.493 e. The first-order chi connectivity index (χ1) is 14.6. The Morgan fingerprint density at radius 1 is 1.10 bits per heavy atom. The van der Waals surface area contributed by atoms with E-state index in [0.29, 0.717) is 30.8 Å².